The van der Waals surface area contributed by atoms with Crippen LogP contribution in [0.25, 0.3) is 5.65 Å². The van der Waals surface area contributed by atoms with Crippen molar-refractivity contribution in [3.05, 3.63) is 53.9 Å². The van der Waals surface area contributed by atoms with Gasteiger partial charge in [0.15, 0.2) is 5.65 Å². The molecule has 1 N–H and O–H groups in total. The summed E-state index contributed by atoms with van der Waals surface area (Å²) in [7, 11) is 3.28. The lowest BCUT2D eigenvalue weighted by molar-refractivity contribution is 0.230. The molecule has 0 radical (unpaired) electrons. The molecule has 2 amide bonds. The molecule has 28 heavy (non-hydrogen) atoms. The van der Waals surface area contributed by atoms with Gasteiger partial charge < -0.3 is 15.1 Å². The lowest BCUT2D eigenvalue weighted by Crippen LogP contribution is -2.27. The minimum atomic E-state index is -0.462. The van der Waals surface area contributed by atoms with Gasteiger partial charge >= 0.3 is 6.03 Å². The predicted octanol–water partition coefficient (Wildman–Crippen LogP) is 3.44. The number of anilines is 2. The molecule has 0 aliphatic carbocycles. The highest BCUT2D eigenvalue weighted by molar-refractivity contribution is 5.92. The number of carbonyl (C=O) groups excluding carboxylic acids is 1. The Kier molecular flexibility index (Phi) is 4.58. The van der Waals surface area contributed by atoms with Gasteiger partial charge in [0.05, 0.1) is 12.2 Å². The Labute approximate surface area is 160 Å². The summed E-state index contributed by atoms with van der Waals surface area (Å²) in [4.78, 5) is 20.0. The molecule has 1 atom stereocenters. The Bertz CT molecular complexity index is 1030. The first-order valence-corrected chi connectivity index (χ1v) is 8.98. The van der Waals surface area contributed by atoms with Gasteiger partial charge in [-0.05, 0) is 37.1 Å². The number of nitrogens with one attached hydrogen (secondary N) is 1. The summed E-state index contributed by atoms with van der Waals surface area (Å²) < 4.78 is 29.6. The average Bonchev–Trinajstić information content (AvgIpc) is 3.30. The largest absolute Gasteiger partial charge is 0.349 e. The van der Waals surface area contributed by atoms with Crippen LogP contribution in [0.2, 0.25) is 0 Å². The lowest BCUT2D eigenvalue weighted by atomic mass is 10.0. The molecule has 3 aromatic rings. The van der Waals surface area contributed by atoms with E-state index in [1.54, 1.807) is 30.9 Å². The van der Waals surface area contributed by atoms with Crippen LogP contribution in [0, 0.1) is 11.6 Å². The first kappa shape index (κ1) is 18.1. The number of hydrogen-bond donors (Lipinski definition) is 1. The van der Waals surface area contributed by atoms with Gasteiger partial charge in [0, 0.05) is 32.4 Å². The molecule has 7 nitrogen and oxygen atoms in total. The van der Waals surface area contributed by atoms with Gasteiger partial charge in [-0.2, -0.15) is 5.10 Å². The zero-order valence-electron chi connectivity index (χ0n) is 15.6. The van der Waals surface area contributed by atoms with Crippen molar-refractivity contribution in [2.45, 2.75) is 18.9 Å². The minimum absolute atomic E-state index is 0.289. The van der Waals surface area contributed by atoms with Gasteiger partial charge in [-0.3, -0.25) is 0 Å². The van der Waals surface area contributed by atoms with Crippen LogP contribution in [0.3, 0.4) is 0 Å². The third-order valence-electron chi connectivity index (χ3n) is 4.87. The molecule has 1 fully saturated rings. The minimum Gasteiger partial charge on any atom is -0.349 e. The van der Waals surface area contributed by atoms with Gasteiger partial charge in [-0.1, -0.05) is 0 Å². The average molecular weight is 386 g/mol. The zero-order valence-corrected chi connectivity index (χ0v) is 15.6. The highest BCUT2D eigenvalue weighted by atomic mass is 19.1. The van der Waals surface area contributed by atoms with Crippen molar-refractivity contribution in [3.8, 4) is 0 Å². The van der Waals surface area contributed by atoms with E-state index in [0.717, 1.165) is 18.6 Å². The number of nitrogens with zero attached hydrogens (tertiary/aromatic N) is 5. The monoisotopic (exact) mass is 386 g/mol. The second-order valence-electron chi connectivity index (χ2n) is 6.95. The number of amides is 2. The van der Waals surface area contributed by atoms with Crippen molar-refractivity contribution < 1.29 is 13.6 Å². The van der Waals surface area contributed by atoms with Crippen LogP contribution in [0.1, 0.15) is 24.4 Å². The highest BCUT2D eigenvalue weighted by Gasteiger charge is 2.30. The molecule has 1 unspecified atom stereocenters. The quantitative estimate of drug-likeness (QED) is 0.749. The molecular formula is C19H20F2N6O. The lowest BCUT2D eigenvalue weighted by Gasteiger charge is -2.26. The Morgan fingerprint density at radius 2 is 2.11 bits per heavy atom. The molecule has 3 heterocycles. The number of urea groups is 1. The molecule has 146 valence electrons. The molecular weight excluding hydrogens is 366 g/mol. The second kappa shape index (κ2) is 7.06. The van der Waals surface area contributed by atoms with Crippen molar-refractivity contribution >= 4 is 23.2 Å². The number of halogens is 2. The van der Waals surface area contributed by atoms with E-state index in [1.807, 2.05) is 4.90 Å². The van der Waals surface area contributed by atoms with E-state index in [-0.39, 0.29) is 12.1 Å². The Morgan fingerprint density at radius 3 is 2.89 bits per heavy atom. The van der Waals surface area contributed by atoms with Crippen LogP contribution < -0.4 is 10.2 Å². The Balaban J connectivity index is 1.70. The first-order chi connectivity index (χ1) is 13.4. The Morgan fingerprint density at radius 1 is 1.29 bits per heavy atom. The summed E-state index contributed by atoms with van der Waals surface area (Å²) in [6.45, 7) is 0.678. The van der Waals surface area contributed by atoms with Crippen LogP contribution >= 0.6 is 0 Å². The first-order valence-electron chi connectivity index (χ1n) is 8.98. The van der Waals surface area contributed by atoms with Crippen molar-refractivity contribution in [2.75, 3.05) is 30.9 Å². The molecule has 0 spiro atoms. The van der Waals surface area contributed by atoms with Gasteiger partial charge in [0.1, 0.15) is 23.1 Å². The molecule has 1 saturated heterocycles. The molecule has 0 saturated carbocycles. The number of benzene rings is 1. The topological polar surface area (TPSA) is 65.8 Å². The fourth-order valence-electron chi connectivity index (χ4n) is 3.47. The van der Waals surface area contributed by atoms with Crippen LogP contribution in [0.4, 0.5) is 25.1 Å². The molecule has 2 aromatic heterocycles. The fraction of sp³-hybridized carbons (Fsp3) is 0.316. The maximum Gasteiger partial charge on any atom is 0.321 e. The van der Waals surface area contributed by atoms with Crippen molar-refractivity contribution in [1.29, 1.82) is 0 Å². The van der Waals surface area contributed by atoms with E-state index < -0.39 is 11.6 Å². The third kappa shape index (κ3) is 3.23. The normalized spacial score (nSPS) is 16.6. The van der Waals surface area contributed by atoms with E-state index in [2.05, 4.69) is 15.4 Å². The molecule has 1 aliphatic rings. The van der Waals surface area contributed by atoms with E-state index >= 15 is 0 Å². The molecule has 1 aliphatic heterocycles. The van der Waals surface area contributed by atoms with Gasteiger partial charge in [-0.15, -0.1) is 0 Å². The summed E-state index contributed by atoms with van der Waals surface area (Å²) in [5, 5.41) is 6.95. The SMILES string of the molecule is CN(C)C(=O)Nc1cnn2ccc(N3CCCC3c3cc(F)ccc3F)nc12. The zero-order chi connectivity index (χ0) is 19.8. The maximum absolute atomic E-state index is 14.3. The molecule has 0 bridgehead atoms. The molecule has 4 rings (SSSR count). The summed E-state index contributed by atoms with van der Waals surface area (Å²) in [5.41, 5.74) is 1.29. The van der Waals surface area contributed by atoms with Crippen LogP contribution in [-0.2, 0) is 0 Å². The van der Waals surface area contributed by atoms with Crippen molar-refractivity contribution in [2.24, 2.45) is 0 Å². The van der Waals surface area contributed by atoms with Gasteiger partial charge in [0.25, 0.3) is 0 Å². The smallest absolute Gasteiger partial charge is 0.321 e. The van der Waals surface area contributed by atoms with Crippen molar-refractivity contribution in [3.63, 3.8) is 0 Å². The molecule has 9 heteroatoms. The number of aromatic nitrogens is 3. The summed E-state index contributed by atoms with van der Waals surface area (Å²) >= 11 is 0. The summed E-state index contributed by atoms with van der Waals surface area (Å²) in [6.07, 6.45) is 4.81. The Hall–Kier alpha value is -3.23. The van der Waals surface area contributed by atoms with E-state index in [4.69, 9.17) is 0 Å². The van der Waals surface area contributed by atoms with Gasteiger partial charge in [-0.25, -0.2) is 23.1 Å². The second-order valence-corrected chi connectivity index (χ2v) is 6.95. The number of rotatable bonds is 3. The molecule has 1 aromatic carbocycles. The highest BCUT2D eigenvalue weighted by Crippen LogP contribution is 2.37. The predicted molar refractivity (Wildman–Crippen MR) is 101 cm³/mol. The van der Waals surface area contributed by atoms with E-state index in [9.17, 15) is 13.6 Å². The third-order valence-corrected chi connectivity index (χ3v) is 4.87. The van der Waals surface area contributed by atoms with E-state index in [1.165, 1.54) is 17.2 Å². The number of fused-ring (bicyclic) bond motifs is 1. The number of hydrogen-bond acceptors (Lipinski definition) is 4. The van der Waals surface area contributed by atoms with E-state index in [0.29, 0.717) is 35.7 Å². The standard InChI is InChI=1S/C19H20F2N6O/c1-25(2)19(28)23-15-11-22-27-9-7-17(24-18(15)27)26-8-3-4-16(26)13-10-12(20)5-6-14(13)21/h5-7,9-11,16H,3-4,8H2,1-2H3,(H,23,28). The van der Waals surface area contributed by atoms with Gasteiger partial charge in [0.2, 0.25) is 0 Å². The summed E-state index contributed by atoms with van der Waals surface area (Å²) in [5.74, 6) is -0.265. The summed E-state index contributed by atoms with van der Waals surface area (Å²) in [6, 6.07) is 4.72. The number of carbonyl (C=O) groups is 1. The van der Waals surface area contributed by atoms with Crippen molar-refractivity contribution in [1.82, 2.24) is 19.5 Å². The fourth-order valence-corrected chi connectivity index (χ4v) is 3.47. The van der Waals surface area contributed by atoms with Crippen LogP contribution in [0.15, 0.2) is 36.7 Å². The van der Waals surface area contributed by atoms with Crippen LogP contribution in [-0.4, -0.2) is 46.2 Å². The maximum atomic E-state index is 14.3. The van der Waals surface area contributed by atoms with Crippen LogP contribution in [0.5, 0.6) is 0 Å².